The monoisotopic (exact) mass is 336 g/mol. The van der Waals surface area contributed by atoms with Crippen molar-refractivity contribution in [2.24, 2.45) is 0 Å². The minimum Gasteiger partial charge on any atom is -0.475 e. The molecular weight excluding hydrogens is 320 g/mol. The van der Waals surface area contributed by atoms with E-state index in [0.29, 0.717) is 18.2 Å². The molecule has 0 aliphatic carbocycles. The van der Waals surface area contributed by atoms with E-state index in [1.165, 1.54) is 0 Å². The van der Waals surface area contributed by atoms with Crippen LogP contribution in [0.1, 0.15) is 25.2 Å². The molecule has 1 N–H and O–H groups in total. The van der Waals surface area contributed by atoms with Gasteiger partial charge in [-0.25, -0.2) is 15.0 Å². The van der Waals surface area contributed by atoms with E-state index in [1.54, 1.807) is 6.20 Å². The number of rotatable bonds is 5. The van der Waals surface area contributed by atoms with Crippen molar-refractivity contribution in [2.45, 2.75) is 33.4 Å². The van der Waals surface area contributed by atoms with Gasteiger partial charge in [-0.15, -0.1) is 0 Å². The Morgan fingerprint density at radius 2 is 2.15 bits per heavy atom. The first-order valence-corrected chi connectivity index (χ1v) is 7.19. The van der Waals surface area contributed by atoms with Crippen LogP contribution in [0.3, 0.4) is 0 Å². The van der Waals surface area contributed by atoms with Crippen LogP contribution in [0.15, 0.2) is 29.0 Å². The van der Waals surface area contributed by atoms with Crippen LogP contribution in [-0.2, 0) is 6.54 Å². The normalized spacial score (nSPS) is 10.7. The Kier molecular flexibility index (Phi) is 4.89. The van der Waals surface area contributed by atoms with Crippen molar-refractivity contribution in [3.8, 4) is 5.88 Å². The molecule has 0 saturated heterocycles. The van der Waals surface area contributed by atoms with E-state index in [1.807, 2.05) is 39.0 Å². The van der Waals surface area contributed by atoms with Crippen molar-refractivity contribution in [3.05, 3.63) is 40.4 Å². The number of aromatic nitrogens is 3. The summed E-state index contributed by atoms with van der Waals surface area (Å²) in [6, 6.07) is 5.72. The molecule has 0 atom stereocenters. The van der Waals surface area contributed by atoms with Crippen LogP contribution in [0, 0.1) is 6.92 Å². The first-order valence-electron chi connectivity index (χ1n) is 6.40. The summed E-state index contributed by atoms with van der Waals surface area (Å²) in [6.45, 7) is 6.42. The third kappa shape index (κ3) is 4.16. The van der Waals surface area contributed by atoms with Gasteiger partial charge in [-0.3, -0.25) is 0 Å². The van der Waals surface area contributed by atoms with Crippen LogP contribution in [0.5, 0.6) is 5.88 Å². The second-order valence-electron chi connectivity index (χ2n) is 4.61. The van der Waals surface area contributed by atoms with Gasteiger partial charge >= 0.3 is 0 Å². The van der Waals surface area contributed by atoms with Gasteiger partial charge in [-0.05, 0) is 42.8 Å². The van der Waals surface area contributed by atoms with E-state index in [0.717, 1.165) is 16.0 Å². The molecule has 2 aromatic rings. The predicted molar refractivity (Wildman–Crippen MR) is 81.8 cm³/mol. The molecule has 0 aliphatic heterocycles. The summed E-state index contributed by atoms with van der Waals surface area (Å²) in [7, 11) is 0. The summed E-state index contributed by atoms with van der Waals surface area (Å²) in [5.41, 5.74) is 0.994. The highest BCUT2D eigenvalue weighted by Gasteiger charge is 2.07. The fourth-order valence-electron chi connectivity index (χ4n) is 1.70. The molecule has 0 saturated carbocycles. The van der Waals surface area contributed by atoms with Gasteiger partial charge in [0.1, 0.15) is 16.2 Å². The second-order valence-corrected chi connectivity index (χ2v) is 5.42. The van der Waals surface area contributed by atoms with Crippen LogP contribution in [-0.4, -0.2) is 21.1 Å². The molecule has 2 rings (SSSR count). The number of halogens is 1. The summed E-state index contributed by atoms with van der Waals surface area (Å²) >= 11 is 3.36. The Morgan fingerprint density at radius 1 is 1.35 bits per heavy atom. The Balaban J connectivity index is 2.10. The van der Waals surface area contributed by atoms with E-state index in [9.17, 15) is 0 Å². The largest absolute Gasteiger partial charge is 0.475 e. The maximum atomic E-state index is 5.69. The quantitative estimate of drug-likeness (QED) is 0.848. The predicted octanol–water partition coefficient (Wildman–Crippen LogP) is 3.34. The third-order valence-corrected chi connectivity index (χ3v) is 2.87. The lowest BCUT2D eigenvalue weighted by molar-refractivity contribution is 0.230. The number of nitrogens with one attached hydrogen (secondary N) is 1. The molecule has 0 aromatic carbocycles. The van der Waals surface area contributed by atoms with Gasteiger partial charge in [0.2, 0.25) is 5.88 Å². The summed E-state index contributed by atoms with van der Waals surface area (Å²) in [6.07, 6.45) is 1.83. The van der Waals surface area contributed by atoms with Crippen LogP contribution < -0.4 is 10.1 Å². The molecule has 0 bridgehead atoms. The molecule has 0 unspecified atom stereocenters. The van der Waals surface area contributed by atoms with Crippen molar-refractivity contribution < 1.29 is 4.74 Å². The van der Waals surface area contributed by atoms with Gasteiger partial charge in [0.25, 0.3) is 0 Å². The van der Waals surface area contributed by atoms with Crippen molar-refractivity contribution in [3.63, 3.8) is 0 Å². The van der Waals surface area contributed by atoms with Crippen molar-refractivity contribution in [1.29, 1.82) is 0 Å². The van der Waals surface area contributed by atoms with Crippen molar-refractivity contribution >= 4 is 21.7 Å². The zero-order valence-electron chi connectivity index (χ0n) is 11.7. The van der Waals surface area contributed by atoms with Crippen LogP contribution in [0.2, 0.25) is 0 Å². The molecule has 0 fully saturated rings. The topological polar surface area (TPSA) is 59.9 Å². The van der Waals surface area contributed by atoms with Gasteiger partial charge < -0.3 is 10.1 Å². The SMILES string of the molecule is Cc1nc(Br)cc(NCc2cccnc2OC(C)C)n1. The van der Waals surface area contributed by atoms with Gasteiger partial charge in [-0.2, -0.15) is 0 Å². The van der Waals surface area contributed by atoms with E-state index < -0.39 is 0 Å². The Hall–Kier alpha value is -1.69. The molecule has 2 aromatic heterocycles. The Morgan fingerprint density at radius 3 is 2.85 bits per heavy atom. The lowest BCUT2D eigenvalue weighted by atomic mass is 10.2. The molecule has 20 heavy (non-hydrogen) atoms. The van der Waals surface area contributed by atoms with E-state index >= 15 is 0 Å². The highest BCUT2D eigenvalue weighted by atomic mass is 79.9. The fourth-order valence-corrected chi connectivity index (χ4v) is 2.17. The van der Waals surface area contributed by atoms with Crippen LogP contribution >= 0.6 is 15.9 Å². The minimum atomic E-state index is 0.0964. The average Bonchev–Trinajstić information content (AvgIpc) is 2.36. The molecule has 0 spiro atoms. The maximum Gasteiger partial charge on any atom is 0.218 e. The summed E-state index contributed by atoms with van der Waals surface area (Å²) in [5, 5.41) is 3.26. The van der Waals surface area contributed by atoms with Crippen molar-refractivity contribution in [2.75, 3.05) is 5.32 Å². The molecule has 6 heteroatoms. The molecule has 106 valence electrons. The number of hydrogen-bond acceptors (Lipinski definition) is 5. The summed E-state index contributed by atoms with van der Waals surface area (Å²) in [4.78, 5) is 12.8. The minimum absolute atomic E-state index is 0.0964. The highest BCUT2D eigenvalue weighted by molar-refractivity contribution is 9.10. The summed E-state index contributed by atoms with van der Waals surface area (Å²) < 4.78 is 6.45. The number of ether oxygens (including phenoxy) is 1. The highest BCUT2D eigenvalue weighted by Crippen LogP contribution is 2.18. The third-order valence-electron chi connectivity index (χ3n) is 2.46. The molecule has 0 radical (unpaired) electrons. The first-order chi connectivity index (χ1) is 9.54. The zero-order valence-corrected chi connectivity index (χ0v) is 13.3. The number of nitrogens with zero attached hydrogens (tertiary/aromatic N) is 3. The standard InChI is InChI=1S/C14H17BrN4O/c1-9(2)20-14-11(5-4-6-16-14)8-17-13-7-12(15)18-10(3)19-13/h4-7,9H,8H2,1-3H3,(H,17,18,19). The lowest BCUT2D eigenvalue weighted by Gasteiger charge is -2.13. The van der Waals surface area contributed by atoms with Gasteiger partial charge in [0.15, 0.2) is 0 Å². The molecule has 2 heterocycles. The second kappa shape index (κ2) is 6.65. The lowest BCUT2D eigenvalue weighted by Crippen LogP contribution is -2.11. The number of aryl methyl sites for hydroxylation is 1. The van der Waals surface area contributed by atoms with E-state index in [-0.39, 0.29) is 6.10 Å². The van der Waals surface area contributed by atoms with Crippen LogP contribution in [0.25, 0.3) is 0 Å². The van der Waals surface area contributed by atoms with Gasteiger partial charge in [-0.1, -0.05) is 6.07 Å². The molecular formula is C14H17BrN4O. The summed E-state index contributed by atoms with van der Waals surface area (Å²) in [5.74, 6) is 2.13. The van der Waals surface area contributed by atoms with Gasteiger partial charge in [0, 0.05) is 24.4 Å². The Labute approximate surface area is 127 Å². The average molecular weight is 337 g/mol. The fraction of sp³-hybridized carbons (Fsp3) is 0.357. The van der Waals surface area contributed by atoms with E-state index in [4.69, 9.17) is 4.74 Å². The first kappa shape index (κ1) is 14.7. The number of hydrogen-bond donors (Lipinski definition) is 1. The number of anilines is 1. The Bertz CT molecular complexity index is 569. The molecule has 5 nitrogen and oxygen atoms in total. The smallest absolute Gasteiger partial charge is 0.218 e. The number of pyridine rings is 1. The zero-order chi connectivity index (χ0) is 14.5. The maximum absolute atomic E-state index is 5.69. The van der Waals surface area contributed by atoms with Crippen molar-refractivity contribution in [1.82, 2.24) is 15.0 Å². The molecule has 0 aliphatic rings. The van der Waals surface area contributed by atoms with Gasteiger partial charge in [0.05, 0.1) is 6.10 Å². The molecule has 0 amide bonds. The van der Waals surface area contributed by atoms with E-state index in [2.05, 4.69) is 36.2 Å². The van der Waals surface area contributed by atoms with Crippen LogP contribution in [0.4, 0.5) is 5.82 Å².